The molecule has 0 aromatic heterocycles. The first-order chi connectivity index (χ1) is 15.9. The SMILES string of the molecule is NC(=O)COc1ccccc1/C=C1/SC(=O)N(CC(=O)Nc2ccc3c(c2)OCCO3)C1=O. The summed E-state index contributed by atoms with van der Waals surface area (Å²) >= 11 is 0.711. The maximum Gasteiger partial charge on any atom is 0.294 e. The second-order valence-electron chi connectivity index (χ2n) is 6.97. The first-order valence-corrected chi connectivity index (χ1v) is 10.7. The van der Waals surface area contributed by atoms with Gasteiger partial charge in [0.25, 0.3) is 17.1 Å². The Labute approximate surface area is 192 Å². The van der Waals surface area contributed by atoms with Crippen LogP contribution in [0.3, 0.4) is 0 Å². The molecule has 0 atom stereocenters. The highest BCUT2D eigenvalue weighted by atomic mass is 32.2. The maximum atomic E-state index is 12.8. The van der Waals surface area contributed by atoms with Crippen LogP contribution in [0.4, 0.5) is 10.5 Å². The van der Waals surface area contributed by atoms with Crippen molar-refractivity contribution in [2.75, 3.05) is 31.7 Å². The minimum atomic E-state index is -0.644. The fourth-order valence-electron chi connectivity index (χ4n) is 3.12. The minimum absolute atomic E-state index is 0.127. The highest BCUT2D eigenvalue weighted by Gasteiger charge is 2.36. The lowest BCUT2D eigenvalue weighted by molar-refractivity contribution is -0.127. The van der Waals surface area contributed by atoms with Crippen molar-refractivity contribution in [2.45, 2.75) is 0 Å². The van der Waals surface area contributed by atoms with Gasteiger partial charge in [-0.2, -0.15) is 0 Å². The van der Waals surface area contributed by atoms with Crippen LogP contribution in [-0.4, -0.2) is 54.2 Å². The van der Waals surface area contributed by atoms with E-state index in [1.54, 1.807) is 42.5 Å². The number of hydrogen-bond acceptors (Lipinski definition) is 8. The second-order valence-corrected chi connectivity index (χ2v) is 7.96. The molecule has 11 heteroatoms. The first-order valence-electron chi connectivity index (χ1n) is 9.86. The largest absolute Gasteiger partial charge is 0.486 e. The lowest BCUT2D eigenvalue weighted by Crippen LogP contribution is -2.36. The number of para-hydroxylation sites is 1. The van der Waals surface area contributed by atoms with E-state index >= 15 is 0 Å². The summed E-state index contributed by atoms with van der Waals surface area (Å²) in [6, 6.07) is 11.6. The molecule has 2 aromatic carbocycles. The van der Waals surface area contributed by atoms with Crippen LogP contribution in [-0.2, 0) is 14.4 Å². The van der Waals surface area contributed by atoms with Crippen LogP contribution in [0.15, 0.2) is 47.4 Å². The number of anilines is 1. The number of carbonyl (C=O) groups is 4. The fraction of sp³-hybridized carbons (Fsp3) is 0.182. The van der Waals surface area contributed by atoms with Gasteiger partial charge in [0.1, 0.15) is 25.5 Å². The molecule has 0 saturated carbocycles. The summed E-state index contributed by atoms with van der Waals surface area (Å²) in [6.07, 6.45) is 1.47. The summed E-state index contributed by atoms with van der Waals surface area (Å²) < 4.78 is 16.3. The molecule has 0 spiro atoms. The van der Waals surface area contributed by atoms with Gasteiger partial charge in [0, 0.05) is 17.3 Å². The van der Waals surface area contributed by atoms with Gasteiger partial charge in [-0.05, 0) is 36.0 Å². The Morgan fingerprint density at radius 1 is 1.12 bits per heavy atom. The molecule has 2 heterocycles. The van der Waals surface area contributed by atoms with E-state index in [0.717, 1.165) is 4.90 Å². The van der Waals surface area contributed by atoms with Crippen molar-refractivity contribution >= 4 is 46.5 Å². The standard InChI is InChI=1S/C22H19N3O7S/c23-19(26)12-32-15-4-2-1-3-13(15)9-18-21(28)25(22(29)33-18)11-20(27)24-14-5-6-16-17(10-14)31-8-7-30-16/h1-6,9-10H,7-8,11-12H2,(H2,23,26)(H,24,27)/b18-9+. The summed E-state index contributed by atoms with van der Waals surface area (Å²) in [4.78, 5) is 49.6. The number of primary amides is 1. The van der Waals surface area contributed by atoms with Gasteiger partial charge in [-0.1, -0.05) is 18.2 Å². The normalized spacial score (nSPS) is 16.1. The smallest absolute Gasteiger partial charge is 0.294 e. The van der Waals surface area contributed by atoms with E-state index in [4.69, 9.17) is 19.9 Å². The Kier molecular flexibility index (Phi) is 6.50. The van der Waals surface area contributed by atoms with E-state index in [1.165, 1.54) is 6.08 Å². The molecule has 2 aromatic rings. The third kappa shape index (κ3) is 5.26. The van der Waals surface area contributed by atoms with E-state index in [1.807, 2.05) is 0 Å². The molecular weight excluding hydrogens is 450 g/mol. The van der Waals surface area contributed by atoms with Crippen LogP contribution in [0.5, 0.6) is 17.2 Å². The summed E-state index contributed by atoms with van der Waals surface area (Å²) in [6.45, 7) is 0.0833. The first kappa shape index (κ1) is 22.2. The van der Waals surface area contributed by atoms with Gasteiger partial charge in [0.2, 0.25) is 5.91 Å². The van der Waals surface area contributed by atoms with Crippen molar-refractivity contribution in [3.05, 3.63) is 52.9 Å². The van der Waals surface area contributed by atoms with Gasteiger partial charge < -0.3 is 25.3 Å². The number of thioether (sulfide) groups is 1. The Balaban J connectivity index is 1.43. The number of amides is 4. The van der Waals surface area contributed by atoms with E-state index in [0.29, 0.717) is 53.5 Å². The Morgan fingerprint density at radius 2 is 1.88 bits per heavy atom. The lowest BCUT2D eigenvalue weighted by atomic mass is 10.2. The number of fused-ring (bicyclic) bond motifs is 1. The monoisotopic (exact) mass is 469 g/mol. The van der Waals surface area contributed by atoms with E-state index < -0.39 is 29.5 Å². The van der Waals surface area contributed by atoms with E-state index in [9.17, 15) is 19.2 Å². The average molecular weight is 469 g/mol. The number of nitrogens with zero attached hydrogens (tertiary/aromatic N) is 1. The van der Waals surface area contributed by atoms with E-state index in [-0.39, 0.29) is 11.5 Å². The quantitative estimate of drug-likeness (QED) is 0.588. The van der Waals surface area contributed by atoms with Crippen molar-refractivity contribution in [2.24, 2.45) is 5.73 Å². The van der Waals surface area contributed by atoms with Crippen LogP contribution >= 0.6 is 11.8 Å². The number of rotatable bonds is 7. The Morgan fingerprint density at radius 3 is 2.67 bits per heavy atom. The summed E-state index contributed by atoms with van der Waals surface area (Å²) in [7, 11) is 0. The van der Waals surface area contributed by atoms with Gasteiger partial charge >= 0.3 is 0 Å². The van der Waals surface area contributed by atoms with Crippen LogP contribution in [0.1, 0.15) is 5.56 Å². The minimum Gasteiger partial charge on any atom is -0.486 e. The van der Waals surface area contributed by atoms with Crippen molar-refractivity contribution in [3.63, 3.8) is 0 Å². The molecule has 33 heavy (non-hydrogen) atoms. The van der Waals surface area contributed by atoms with Gasteiger partial charge in [0.05, 0.1) is 4.91 Å². The second kappa shape index (κ2) is 9.65. The average Bonchev–Trinajstić information content (AvgIpc) is 3.05. The molecule has 0 radical (unpaired) electrons. The Bertz CT molecular complexity index is 1160. The predicted molar refractivity (Wildman–Crippen MR) is 120 cm³/mol. The number of imide groups is 1. The molecular formula is C22H19N3O7S. The number of benzene rings is 2. The van der Waals surface area contributed by atoms with Gasteiger partial charge in [0.15, 0.2) is 18.1 Å². The molecule has 3 N–H and O–H groups in total. The highest BCUT2D eigenvalue weighted by Crippen LogP contribution is 2.35. The molecule has 1 saturated heterocycles. The lowest BCUT2D eigenvalue weighted by Gasteiger charge is -2.19. The topological polar surface area (TPSA) is 137 Å². The molecule has 2 aliphatic heterocycles. The zero-order valence-electron chi connectivity index (χ0n) is 17.2. The molecule has 170 valence electrons. The zero-order valence-corrected chi connectivity index (χ0v) is 18.1. The molecule has 4 amide bonds. The van der Waals surface area contributed by atoms with Gasteiger partial charge in [-0.15, -0.1) is 0 Å². The van der Waals surface area contributed by atoms with Gasteiger partial charge in [-0.25, -0.2) is 0 Å². The van der Waals surface area contributed by atoms with E-state index in [2.05, 4.69) is 5.32 Å². The van der Waals surface area contributed by atoms with Crippen molar-refractivity contribution in [1.29, 1.82) is 0 Å². The third-order valence-electron chi connectivity index (χ3n) is 4.58. The van der Waals surface area contributed by atoms with Crippen LogP contribution < -0.4 is 25.3 Å². The number of carbonyl (C=O) groups excluding carboxylic acids is 4. The summed E-state index contributed by atoms with van der Waals surface area (Å²) in [5, 5.41) is 2.08. The molecule has 2 aliphatic rings. The number of nitrogens with two attached hydrogens (primary N) is 1. The van der Waals surface area contributed by atoms with Crippen molar-refractivity contribution in [1.82, 2.24) is 4.90 Å². The number of hydrogen-bond donors (Lipinski definition) is 2. The summed E-state index contributed by atoms with van der Waals surface area (Å²) in [5.41, 5.74) is 6.05. The fourth-order valence-corrected chi connectivity index (χ4v) is 3.95. The maximum absolute atomic E-state index is 12.8. The van der Waals surface area contributed by atoms with Crippen molar-refractivity contribution < 1.29 is 33.4 Å². The number of ether oxygens (including phenoxy) is 3. The summed E-state index contributed by atoms with van der Waals surface area (Å²) in [5.74, 6) is -0.373. The molecule has 0 bridgehead atoms. The van der Waals surface area contributed by atoms with Crippen molar-refractivity contribution in [3.8, 4) is 17.2 Å². The molecule has 0 unspecified atom stereocenters. The van der Waals surface area contributed by atoms with Crippen LogP contribution in [0.25, 0.3) is 6.08 Å². The molecule has 4 rings (SSSR count). The van der Waals surface area contributed by atoms with Crippen LogP contribution in [0, 0.1) is 0 Å². The Hall–Kier alpha value is -3.99. The van der Waals surface area contributed by atoms with Crippen LogP contribution in [0.2, 0.25) is 0 Å². The zero-order chi connectivity index (χ0) is 23.4. The molecule has 1 fully saturated rings. The van der Waals surface area contributed by atoms with Gasteiger partial charge in [-0.3, -0.25) is 24.1 Å². The number of nitrogens with one attached hydrogen (secondary N) is 1. The molecule has 0 aliphatic carbocycles. The third-order valence-corrected chi connectivity index (χ3v) is 5.48. The molecule has 10 nitrogen and oxygen atoms in total. The predicted octanol–water partition coefficient (Wildman–Crippen LogP) is 2.00. The highest BCUT2D eigenvalue weighted by molar-refractivity contribution is 8.18.